The third kappa shape index (κ3) is 2.82. The molecule has 3 aliphatic rings. The lowest BCUT2D eigenvalue weighted by Gasteiger charge is -2.23. The molecule has 2 fully saturated rings. The molecule has 1 heterocycles. The lowest BCUT2D eigenvalue weighted by atomic mass is 9.85. The van der Waals surface area contributed by atoms with Crippen molar-refractivity contribution in [3.05, 3.63) is 42.0 Å². The van der Waals surface area contributed by atoms with E-state index in [1.807, 2.05) is 12.2 Å². The van der Waals surface area contributed by atoms with Crippen LogP contribution in [0.3, 0.4) is 0 Å². The number of ketones is 1. The van der Waals surface area contributed by atoms with Crippen LogP contribution in [0, 0.1) is 23.7 Å². The molecule has 2 aliphatic carbocycles. The van der Waals surface area contributed by atoms with Gasteiger partial charge in [-0.3, -0.25) is 19.3 Å². The molecular weight excluding hydrogens is 362 g/mol. The van der Waals surface area contributed by atoms with Gasteiger partial charge in [-0.1, -0.05) is 24.3 Å². The van der Waals surface area contributed by atoms with Crippen LogP contribution in [0.4, 0.5) is 0 Å². The first kappa shape index (κ1) is 18.4. The molecule has 4 rings (SSSR count). The molecule has 0 spiro atoms. The summed E-state index contributed by atoms with van der Waals surface area (Å²) in [5.74, 6) is -1.83. The third-order valence-corrected chi connectivity index (χ3v) is 5.97. The molecule has 0 unspecified atom stereocenters. The number of rotatable bonds is 6. The number of Topliss-reactive ketones (excluding diaryl/α,β-unsaturated/α-hetero) is 1. The average Bonchev–Trinajstić information content (AvgIpc) is 3.39. The van der Waals surface area contributed by atoms with Gasteiger partial charge < -0.3 is 9.47 Å². The van der Waals surface area contributed by atoms with Gasteiger partial charge in [0.25, 0.3) is 0 Å². The lowest BCUT2D eigenvalue weighted by molar-refractivity contribution is -0.157. The minimum absolute atomic E-state index is 0.0781. The Hall–Kier alpha value is -2.96. The van der Waals surface area contributed by atoms with Crippen molar-refractivity contribution in [2.75, 3.05) is 13.7 Å². The number of ether oxygens (including phenoxy) is 2. The molecule has 1 aliphatic heterocycles. The second-order valence-corrected chi connectivity index (χ2v) is 7.49. The summed E-state index contributed by atoms with van der Waals surface area (Å²) < 4.78 is 10.2. The van der Waals surface area contributed by atoms with E-state index < -0.39 is 24.4 Å². The van der Waals surface area contributed by atoms with E-state index in [1.165, 1.54) is 14.0 Å². The van der Waals surface area contributed by atoms with Crippen molar-refractivity contribution >= 4 is 23.6 Å². The number of fused-ring (bicyclic) bond motifs is 5. The summed E-state index contributed by atoms with van der Waals surface area (Å²) in [6, 6.07) is 5.47. The van der Waals surface area contributed by atoms with E-state index >= 15 is 0 Å². The second-order valence-electron chi connectivity index (χ2n) is 7.49. The zero-order valence-corrected chi connectivity index (χ0v) is 15.7. The normalized spacial score (nSPS) is 28.4. The van der Waals surface area contributed by atoms with Crippen LogP contribution in [0.25, 0.3) is 0 Å². The van der Waals surface area contributed by atoms with E-state index in [0.717, 1.165) is 11.3 Å². The van der Waals surface area contributed by atoms with E-state index in [2.05, 4.69) is 0 Å². The molecule has 7 nitrogen and oxygen atoms in total. The van der Waals surface area contributed by atoms with Crippen LogP contribution in [-0.2, 0) is 19.1 Å². The van der Waals surface area contributed by atoms with Crippen LogP contribution >= 0.6 is 0 Å². The Bertz CT molecular complexity index is 861. The van der Waals surface area contributed by atoms with Gasteiger partial charge in [0, 0.05) is 5.56 Å². The Morgan fingerprint density at radius 2 is 1.79 bits per heavy atom. The summed E-state index contributed by atoms with van der Waals surface area (Å²) in [6.45, 7) is 0.997. The lowest BCUT2D eigenvalue weighted by Crippen LogP contribution is -2.45. The number of esters is 1. The van der Waals surface area contributed by atoms with Crippen molar-refractivity contribution in [1.29, 1.82) is 0 Å². The number of allylic oxidation sites excluding steroid dienone is 2. The predicted molar refractivity (Wildman–Crippen MR) is 97.3 cm³/mol. The van der Waals surface area contributed by atoms with Gasteiger partial charge in [0.15, 0.2) is 12.4 Å². The molecule has 0 N–H and O–H groups in total. The maximum absolute atomic E-state index is 12.7. The smallest absolute Gasteiger partial charge is 0.329 e. The van der Waals surface area contributed by atoms with Crippen LogP contribution in [0.2, 0.25) is 0 Å². The van der Waals surface area contributed by atoms with Crippen LogP contribution in [0.15, 0.2) is 36.4 Å². The van der Waals surface area contributed by atoms with Gasteiger partial charge in [0.05, 0.1) is 18.9 Å². The first-order chi connectivity index (χ1) is 13.4. The molecule has 7 heteroatoms. The molecule has 0 radical (unpaired) electrons. The Morgan fingerprint density at radius 1 is 1.14 bits per heavy atom. The maximum atomic E-state index is 12.7. The van der Waals surface area contributed by atoms with E-state index in [1.54, 1.807) is 24.3 Å². The molecule has 28 heavy (non-hydrogen) atoms. The number of hydrogen-bond acceptors (Lipinski definition) is 6. The highest BCUT2D eigenvalue weighted by molar-refractivity contribution is 6.09. The van der Waals surface area contributed by atoms with E-state index in [4.69, 9.17) is 9.47 Å². The fourth-order valence-electron chi connectivity index (χ4n) is 4.55. The minimum Gasteiger partial charge on any atom is -0.497 e. The minimum atomic E-state index is -1.05. The monoisotopic (exact) mass is 383 g/mol. The molecular formula is C21H21NO6. The van der Waals surface area contributed by atoms with Crippen LogP contribution in [-0.4, -0.2) is 48.2 Å². The van der Waals surface area contributed by atoms with Gasteiger partial charge in [0.2, 0.25) is 11.8 Å². The first-order valence-corrected chi connectivity index (χ1v) is 9.31. The number of amides is 2. The largest absolute Gasteiger partial charge is 0.497 e. The SMILES string of the molecule is COc1cccc(C(=O)COC(=O)[C@@H](C)N2C(=O)[C@@H]3[C@H](C2=O)[C@H]2C=C[C@@H]3C2)c1. The highest BCUT2D eigenvalue weighted by Gasteiger charge is 2.60. The van der Waals surface area contributed by atoms with Crippen LogP contribution < -0.4 is 4.74 Å². The fraction of sp³-hybridized carbons (Fsp3) is 0.429. The summed E-state index contributed by atoms with van der Waals surface area (Å²) in [4.78, 5) is 51.2. The first-order valence-electron chi connectivity index (χ1n) is 9.31. The van der Waals surface area contributed by atoms with E-state index in [0.29, 0.717) is 11.3 Å². The van der Waals surface area contributed by atoms with Crippen molar-refractivity contribution in [3.63, 3.8) is 0 Å². The Labute approximate surface area is 162 Å². The molecule has 1 aromatic rings. The molecule has 1 saturated heterocycles. The number of nitrogens with zero attached hydrogens (tertiary/aromatic N) is 1. The zero-order chi connectivity index (χ0) is 20.0. The molecule has 0 aromatic heterocycles. The Morgan fingerprint density at radius 3 is 2.39 bits per heavy atom. The summed E-state index contributed by atoms with van der Waals surface area (Å²) >= 11 is 0. The van der Waals surface area contributed by atoms with Gasteiger partial charge >= 0.3 is 5.97 Å². The van der Waals surface area contributed by atoms with Crippen LogP contribution in [0.1, 0.15) is 23.7 Å². The zero-order valence-electron chi connectivity index (χ0n) is 15.7. The van der Waals surface area contributed by atoms with Crippen molar-refractivity contribution in [1.82, 2.24) is 4.90 Å². The van der Waals surface area contributed by atoms with Gasteiger partial charge in [-0.05, 0) is 37.3 Å². The van der Waals surface area contributed by atoms with Crippen LogP contribution in [0.5, 0.6) is 5.75 Å². The predicted octanol–water partition coefficient (Wildman–Crippen LogP) is 1.62. The third-order valence-electron chi connectivity index (χ3n) is 5.97. The standard InChI is InChI=1S/C21H21NO6/c1-11(21(26)28-10-16(23)12-4-3-5-15(9-12)27-2)22-19(24)17-13-6-7-14(8-13)18(17)20(22)25/h3-7,9,11,13-14,17-18H,8,10H2,1-2H3/t11-,13-,14+,17+,18-/m1/s1. The average molecular weight is 383 g/mol. The number of methoxy groups -OCH3 is 1. The quantitative estimate of drug-likeness (QED) is 0.321. The molecule has 1 aromatic carbocycles. The molecule has 5 atom stereocenters. The number of imide groups is 1. The Kier molecular flexibility index (Phi) is 4.53. The fourth-order valence-corrected chi connectivity index (χ4v) is 4.55. The van der Waals surface area contributed by atoms with Crippen molar-refractivity contribution in [2.45, 2.75) is 19.4 Å². The number of hydrogen-bond donors (Lipinski definition) is 0. The second kappa shape index (κ2) is 6.89. The van der Waals surface area contributed by atoms with Crippen molar-refractivity contribution in [3.8, 4) is 5.75 Å². The molecule has 2 amide bonds. The highest BCUT2D eigenvalue weighted by Crippen LogP contribution is 2.52. The van der Waals surface area contributed by atoms with E-state index in [-0.39, 0.29) is 35.5 Å². The molecule has 146 valence electrons. The maximum Gasteiger partial charge on any atom is 0.329 e. The number of carbonyl (C=O) groups excluding carboxylic acids is 4. The number of carbonyl (C=O) groups is 4. The Balaban J connectivity index is 1.39. The van der Waals surface area contributed by atoms with Crippen molar-refractivity contribution < 1.29 is 28.7 Å². The molecule has 1 saturated carbocycles. The van der Waals surface area contributed by atoms with Crippen molar-refractivity contribution in [2.24, 2.45) is 23.7 Å². The number of likely N-dealkylation sites (tertiary alicyclic amines) is 1. The summed E-state index contributed by atoms with van der Waals surface area (Å²) in [6.07, 6.45) is 4.82. The highest BCUT2D eigenvalue weighted by atomic mass is 16.5. The van der Waals surface area contributed by atoms with Gasteiger partial charge in [-0.15, -0.1) is 0 Å². The number of benzene rings is 1. The van der Waals surface area contributed by atoms with Gasteiger partial charge in [-0.25, -0.2) is 4.79 Å². The summed E-state index contributed by atoms with van der Waals surface area (Å²) in [5, 5.41) is 0. The molecule has 2 bridgehead atoms. The van der Waals surface area contributed by atoms with E-state index in [9.17, 15) is 19.2 Å². The summed E-state index contributed by atoms with van der Waals surface area (Å²) in [7, 11) is 1.49. The van der Waals surface area contributed by atoms with Gasteiger partial charge in [0.1, 0.15) is 11.8 Å². The van der Waals surface area contributed by atoms with Gasteiger partial charge in [-0.2, -0.15) is 0 Å². The summed E-state index contributed by atoms with van der Waals surface area (Å²) in [5.41, 5.74) is 0.352. The topological polar surface area (TPSA) is 90.0 Å².